The quantitative estimate of drug-likeness (QED) is 0.791. The molecule has 2 aromatic heterocycles. The second-order valence-electron chi connectivity index (χ2n) is 5.90. The summed E-state index contributed by atoms with van der Waals surface area (Å²) in [6.07, 6.45) is 0.477. The smallest absolute Gasteiger partial charge is 0.256 e. The number of aromatic nitrogens is 2. The number of rotatable bonds is 3. The molecule has 2 atom stereocenters. The van der Waals surface area contributed by atoms with Crippen LogP contribution in [0.1, 0.15) is 41.5 Å². The number of hydrogen-bond donors (Lipinski definition) is 1. The first-order valence-electron chi connectivity index (χ1n) is 7.95. The third-order valence-corrected chi connectivity index (χ3v) is 5.28. The minimum absolute atomic E-state index is 0.106. The molecule has 124 valence electrons. The number of hydrogen-bond acceptors (Lipinski definition) is 6. The number of benzene rings is 1. The van der Waals surface area contributed by atoms with Crippen molar-refractivity contribution in [2.24, 2.45) is 0 Å². The molecular formula is C17H17N3O3S. The molecule has 0 aliphatic carbocycles. The Kier molecular flexibility index (Phi) is 3.82. The molecule has 3 aromatic rings. The van der Waals surface area contributed by atoms with Crippen molar-refractivity contribution in [3.63, 3.8) is 0 Å². The lowest BCUT2D eigenvalue weighted by Crippen LogP contribution is -2.31. The second-order valence-corrected chi connectivity index (χ2v) is 6.81. The molecule has 1 aromatic carbocycles. The van der Waals surface area contributed by atoms with E-state index in [9.17, 15) is 9.90 Å². The van der Waals surface area contributed by atoms with Crippen molar-refractivity contribution in [3.05, 3.63) is 47.0 Å². The van der Waals surface area contributed by atoms with Gasteiger partial charge in [0.1, 0.15) is 6.04 Å². The van der Waals surface area contributed by atoms with E-state index in [1.54, 1.807) is 16.2 Å². The van der Waals surface area contributed by atoms with E-state index in [1.807, 2.05) is 36.6 Å². The van der Waals surface area contributed by atoms with E-state index in [1.165, 1.54) is 0 Å². The Bertz CT molecular complexity index is 888. The average Bonchev–Trinajstić information content (AvgIpc) is 3.31. The number of thiophene rings is 1. The number of amides is 1. The summed E-state index contributed by atoms with van der Waals surface area (Å²) >= 11 is 1.55. The zero-order valence-corrected chi connectivity index (χ0v) is 14.0. The first kappa shape index (κ1) is 15.3. The molecule has 0 saturated carbocycles. The average molecular weight is 343 g/mol. The van der Waals surface area contributed by atoms with Gasteiger partial charge in [0.05, 0.1) is 11.7 Å². The van der Waals surface area contributed by atoms with Crippen LogP contribution in [-0.2, 0) is 6.42 Å². The number of carbonyl (C=O) groups excluding carboxylic acids is 1. The molecule has 1 aliphatic heterocycles. The summed E-state index contributed by atoms with van der Waals surface area (Å²) < 4.78 is 6.70. The van der Waals surface area contributed by atoms with Gasteiger partial charge in [-0.3, -0.25) is 4.79 Å². The number of aliphatic hydroxyl groups excluding tert-OH is 1. The highest BCUT2D eigenvalue weighted by atomic mass is 32.1. The fourth-order valence-corrected chi connectivity index (χ4v) is 4.05. The largest absolute Gasteiger partial charge is 0.423 e. The maximum atomic E-state index is 13.1. The molecule has 0 spiro atoms. The van der Waals surface area contributed by atoms with Crippen molar-refractivity contribution in [1.82, 2.24) is 15.1 Å². The Morgan fingerprint density at radius 1 is 1.42 bits per heavy atom. The van der Waals surface area contributed by atoms with Gasteiger partial charge in [0.25, 0.3) is 5.91 Å². The zero-order chi connectivity index (χ0) is 16.7. The number of fused-ring (bicyclic) bond motifs is 1. The fraction of sp³-hybridized carbons (Fsp3) is 0.353. The van der Waals surface area contributed by atoms with Gasteiger partial charge in [-0.2, -0.15) is 0 Å². The van der Waals surface area contributed by atoms with Gasteiger partial charge in [-0.15, -0.1) is 21.5 Å². The molecule has 1 N–H and O–H groups in total. The highest BCUT2D eigenvalue weighted by Crippen LogP contribution is 2.35. The minimum Gasteiger partial charge on any atom is -0.423 e. The summed E-state index contributed by atoms with van der Waals surface area (Å²) in [4.78, 5) is 14.7. The van der Waals surface area contributed by atoms with Crippen LogP contribution in [0, 0.1) is 0 Å². The second kappa shape index (κ2) is 5.99. The van der Waals surface area contributed by atoms with Gasteiger partial charge in [0.2, 0.25) is 11.8 Å². The summed E-state index contributed by atoms with van der Waals surface area (Å²) in [6.45, 7) is 2.21. The molecule has 1 aliphatic rings. The van der Waals surface area contributed by atoms with Crippen molar-refractivity contribution in [1.29, 1.82) is 0 Å². The predicted molar refractivity (Wildman–Crippen MR) is 89.9 cm³/mol. The Balaban J connectivity index is 1.69. The van der Waals surface area contributed by atoms with Crippen molar-refractivity contribution >= 4 is 27.3 Å². The van der Waals surface area contributed by atoms with Crippen molar-refractivity contribution in [2.75, 3.05) is 6.54 Å². The molecule has 7 heteroatoms. The SMILES string of the molecule is CCc1nnc([C@H]2C[C@@H](O)CN2C(=O)c2csc3ccccc23)o1. The summed E-state index contributed by atoms with van der Waals surface area (Å²) in [5.41, 5.74) is 0.657. The van der Waals surface area contributed by atoms with Gasteiger partial charge in [0, 0.05) is 34.9 Å². The Morgan fingerprint density at radius 2 is 2.25 bits per heavy atom. The Morgan fingerprint density at radius 3 is 3.04 bits per heavy atom. The normalized spacial score (nSPS) is 20.8. The third kappa shape index (κ3) is 2.50. The molecule has 24 heavy (non-hydrogen) atoms. The van der Waals surface area contributed by atoms with Crippen LogP contribution in [0.3, 0.4) is 0 Å². The van der Waals surface area contributed by atoms with Gasteiger partial charge < -0.3 is 14.4 Å². The molecule has 0 unspecified atom stereocenters. The van der Waals surface area contributed by atoms with E-state index in [4.69, 9.17) is 4.42 Å². The number of aryl methyl sites for hydroxylation is 1. The molecule has 0 radical (unpaired) electrons. The molecule has 1 fully saturated rings. The standard InChI is InChI=1S/C17H17N3O3S/c1-2-15-18-19-16(23-15)13-7-10(21)8-20(13)17(22)12-9-24-14-6-4-3-5-11(12)14/h3-6,9-10,13,21H,2,7-8H2,1H3/t10-,13-/m1/s1. The highest BCUT2D eigenvalue weighted by Gasteiger charge is 2.39. The number of carbonyl (C=O) groups is 1. The fourth-order valence-electron chi connectivity index (χ4n) is 3.11. The van der Waals surface area contributed by atoms with Crippen LogP contribution < -0.4 is 0 Å². The number of β-amino-alcohol motifs (C(OH)–C–C–N with tert-alkyl or cyclic N) is 1. The zero-order valence-electron chi connectivity index (χ0n) is 13.2. The molecule has 0 bridgehead atoms. The predicted octanol–water partition coefficient (Wildman–Crippen LogP) is 2.79. The lowest BCUT2D eigenvalue weighted by molar-refractivity contribution is 0.0700. The van der Waals surface area contributed by atoms with Crippen molar-refractivity contribution < 1.29 is 14.3 Å². The van der Waals surface area contributed by atoms with Crippen LogP contribution in [0.15, 0.2) is 34.1 Å². The summed E-state index contributed by atoms with van der Waals surface area (Å²) in [6, 6.07) is 7.45. The van der Waals surface area contributed by atoms with Crippen LogP contribution in [-0.4, -0.2) is 38.8 Å². The van der Waals surface area contributed by atoms with E-state index in [-0.39, 0.29) is 18.5 Å². The third-order valence-electron chi connectivity index (χ3n) is 4.32. The Labute approximate surface area is 142 Å². The first-order chi connectivity index (χ1) is 11.7. The van der Waals surface area contributed by atoms with Crippen LogP contribution in [0.25, 0.3) is 10.1 Å². The van der Waals surface area contributed by atoms with E-state index in [2.05, 4.69) is 10.2 Å². The maximum Gasteiger partial charge on any atom is 0.256 e. The molecule has 3 heterocycles. The van der Waals surface area contributed by atoms with Gasteiger partial charge in [-0.25, -0.2) is 0 Å². The van der Waals surface area contributed by atoms with Crippen LogP contribution in [0.5, 0.6) is 0 Å². The molecule has 1 amide bonds. The van der Waals surface area contributed by atoms with Gasteiger partial charge in [-0.05, 0) is 6.07 Å². The highest BCUT2D eigenvalue weighted by molar-refractivity contribution is 7.17. The molecule has 6 nitrogen and oxygen atoms in total. The number of likely N-dealkylation sites (tertiary alicyclic amines) is 1. The number of nitrogens with zero attached hydrogens (tertiary/aromatic N) is 3. The lowest BCUT2D eigenvalue weighted by Gasteiger charge is -2.21. The molecular weight excluding hydrogens is 326 g/mol. The van der Waals surface area contributed by atoms with Crippen molar-refractivity contribution in [3.8, 4) is 0 Å². The lowest BCUT2D eigenvalue weighted by atomic mass is 10.1. The van der Waals surface area contributed by atoms with Crippen LogP contribution in [0.4, 0.5) is 0 Å². The summed E-state index contributed by atoms with van der Waals surface area (Å²) in [5, 5.41) is 20.9. The van der Waals surface area contributed by atoms with E-state index >= 15 is 0 Å². The minimum atomic E-state index is -0.583. The van der Waals surface area contributed by atoms with Crippen LogP contribution in [0.2, 0.25) is 0 Å². The summed E-state index contributed by atoms with van der Waals surface area (Å²) in [7, 11) is 0. The van der Waals surface area contributed by atoms with E-state index in [0.717, 1.165) is 10.1 Å². The van der Waals surface area contributed by atoms with E-state index in [0.29, 0.717) is 30.2 Å². The van der Waals surface area contributed by atoms with Crippen LogP contribution >= 0.6 is 11.3 Å². The van der Waals surface area contributed by atoms with Gasteiger partial charge in [-0.1, -0.05) is 25.1 Å². The number of aliphatic hydroxyl groups is 1. The Hall–Kier alpha value is -2.25. The van der Waals surface area contributed by atoms with Gasteiger partial charge >= 0.3 is 0 Å². The monoisotopic (exact) mass is 343 g/mol. The molecule has 1 saturated heterocycles. The summed E-state index contributed by atoms with van der Waals surface area (Å²) in [5.74, 6) is 0.835. The van der Waals surface area contributed by atoms with Crippen molar-refractivity contribution in [2.45, 2.75) is 31.9 Å². The topological polar surface area (TPSA) is 79.5 Å². The van der Waals surface area contributed by atoms with E-state index < -0.39 is 6.10 Å². The van der Waals surface area contributed by atoms with Gasteiger partial charge in [0.15, 0.2) is 0 Å². The maximum absolute atomic E-state index is 13.1. The molecule has 4 rings (SSSR count). The first-order valence-corrected chi connectivity index (χ1v) is 8.83.